The van der Waals surface area contributed by atoms with Gasteiger partial charge in [0.05, 0.1) is 17.1 Å². The summed E-state index contributed by atoms with van der Waals surface area (Å²) < 4.78 is 0. The van der Waals surface area contributed by atoms with Crippen molar-refractivity contribution in [3.05, 3.63) is 84.2 Å². The van der Waals surface area contributed by atoms with Gasteiger partial charge in [-0.1, -0.05) is 42.5 Å². The van der Waals surface area contributed by atoms with Gasteiger partial charge in [0.2, 0.25) is 0 Å². The van der Waals surface area contributed by atoms with Crippen LogP contribution in [0.4, 0.5) is 5.69 Å². The molecule has 0 atom stereocenters. The highest BCUT2D eigenvalue weighted by molar-refractivity contribution is 6.01. The van der Waals surface area contributed by atoms with Crippen LogP contribution in [0.1, 0.15) is 17.7 Å². The van der Waals surface area contributed by atoms with Crippen LogP contribution in [-0.4, -0.2) is 17.2 Å². The van der Waals surface area contributed by atoms with E-state index in [1.54, 1.807) is 0 Å². The first-order chi connectivity index (χ1) is 11.8. The van der Waals surface area contributed by atoms with E-state index in [9.17, 15) is 0 Å². The Balaban J connectivity index is 1.63. The lowest BCUT2D eigenvalue weighted by atomic mass is 10.0. The standard InChI is InChI=1S/C21H19N3/c1-16-15-18(17-7-3-2-4-8-17)10-11-21(16)24-14-12-20(23-24)19-9-5-6-13-22-19/h2-11,13,15H,12,14H2,1H3. The maximum absolute atomic E-state index is 4.78. The van der Waals surface area contributed by atoms with E-state index in [1.807, 2.05) is 30.5 Å². The molecule has 0 aliphatic carbocycles. The van der Waals surface area contributed by atoms with Crippen LogP contribution in [0.2, 0.25) is 0 Å². The summed E-state index contributed by atoms with van der Waals surface area (Å²) in [5.41, 5.74) is 6.92. The molecule has 0 saturated heterocycles. The van der Waals surface area contributed by atoms with Gasteiger partial charge >= 0.3 is 0 Å². The monoisotopic (exact) mass is 313 g/mol. The second-order valence-electron chi connectivity index (χ2n) is 6.00. The fraction of sp³-hybridized carbons (Fsp3) is 0.143. The van der Waals surface area contributed by atoms with Crippen LogP contribution in [0.5, 0.6) is 0 Å². The molecule has 0 bridgehead atoms. The molecule has 3 heteroatoms. The summed E-state index contributed by atoms with van der Waals surface area (Å²) in [4.78, 5) is 4.41. The van der Waals surface area contributed by atoms with Crippen LogP contribution in [0.25, 0.3) is 11.1 Å². The summed E-state index contributed by atoms with van der Waals surface area (Å²) in [7, 11) is 0. The number of nitrogens with zero attached hydrogens (tertiary/aromatic N) is 3. The molecule has 4 rings (SSSR count). The van der Waals surface area contributed by atoms with E-state index < -0.39 is 0 Å². The van der Waals surface area contributed by atoms with Crippen LogP contribution in [0.3, 0.4) is 0 Å². The zero-order chi connectivity index (χ0) is 16.4. The van der Waals surface area contributed by atoms with Crippen molar-refractivity contribution in [2.24, 2.45) is 5.10 Å². The smallest absolute Gasteiger partial charge is 0.0884 e. The molecule has 0 saturated carbocycles. The second kappa shape index (κ2) is 6.28. The fourth-order valence-electron chi connectivity index (χ4n) is 3.10. The lowest BCUT2D eigenvalue weighted by molar-refractivity contribution is 0.916. The minimum Gasteiger partial charge on any atom is -0.265 e. The predicted molar refractivity (Wildman–Crippen MR) is 99.4 cm³/mol. The van der Waals surface area contributed by atoms with Crippen LogP contribution < -0.4 is 5.01 Å². The summed E-state index contributed by atoms with van der Waals surface area (Å²) in [5, 5.41) is 6.87. The van der Waals surface area contributed by atoms with E-state index in [1.165, 1.54) is 22.4 Å². The lowest BCUT2D eigenvalue weighted by Crippen LogP contribution is -2.13. The minimum absolute atomic E-state index is 0.900. The maximum Gasteiger partial charge on any atom is 0.0884 e. The molecule has 0 fully saturated rings. The van der Waals surface area contributed by atoms with Crippen molar-refractivity contribution in [3.8, 4) is 11.1 Å². The van der Waals surface area contributed by atoms with Gasteiger partial charge in [0.1, 0.15) is 0 Å². The fourth-order valence-corrected chi connectivity index (χ4v) is 3.10. The third-order valence-electron chi connectivity index (χ3n) is 4.34. The molecule has 3 nitrogen and oxygen atoms in total. The van der Waals surface area contributed by atoms with Gasteiger partial charge in [-0.3, -0.25) is 9.99 Å². The molecule has 2 aromatic carbocycles. The first-order valence-corrected chi connectivity index (χ1v) is 8.24. The molecule has 0 amide bonds. The number of hydrogen-bond acceptors (Lipinski definition) is 3. The topological polar surface area (TPSA) is 28.5 Å². The van der Waals surface area contributed by atoms with Crippen molar-refractivity contribution in [1.29, 1.82) is 0 Å². The van der Waals surface area contributed by atoms with Crippen LogP contribution in [-0.2, 0) is 0 Å². The van der Waals surface area contributed by atoms with Crippen molar-refractivity contribution >= 4 is 11.4 Å². The molecule has 0 spiro atoms. The van der Waals surface area contributed by atoms with Crippen molar-refractivity contribution in [2.45, 2.75) is 13.3 Å². The number of pyridine rings is 1. The molecule has 118 valence electrons. The Bertz CT molecular complexity index is 870. The Labute approximate surface area is 142 Å². The molecule has 2 heterocycles. The van der Waals surface area contributed by atoms with Gasteiger partial charge in [-0.25, -0.2) is 0 Å². The number of rotatable bonds is 3. The Kier molecular flexibility index (Phi) is 3.83. The van der Waals surface area contributed by atoms with E-state index in [4.69, 9.17) is 5.10 Å². The molecule has 24 heavy (non-hydrogen) atoms. The van der Waals surface area contributed by atoms with Crippen molar-refractivity contribution in [3.63, 3.8) is 0 Å². The molecule has 1 aromatic heterocycles. The molecule has 1 aliphatic heterocycles. The first kappa shape index (κ1) is 14.6. The number of benzene rings is 2. The zero-order valence-corrected chi connectivity index (χ0v) is 13.7. The Morgan fingerprint density at radius 2 is 1.71 bits per heavy atom. The van der Waals surface area contributed by atoms with E-state index >= 15 is 0 Å². The summed E-state index contributed by atoms with van der Waals surface area (Å²) >= 11 is 0. The molecule has 3 aromatic rings. The van der Waals surface area contributed by atoms with E-state index in [-0.39, 0.29) is 0 Å². The van der Waals surface area contributed by atoms with Crippen molar-refractivity contribution in [2.75, 3.05) is 11.6 Å². The Hall–Kier alpha value is -2.94. The first-order valence-electron chi connectivity index (χ1n) is 8.24. The highest BCUT2D eigenvalue weighted by atomic mass is 15.5. The predicted octanol–water partition coefficient (Wildman–Crippen LogP) is 4.67. The summed E-state index contributed by atoms with van der Waals surface area (Å²) in [6, 6.07) is 23.0. The summed E-state index contributed by atoms with van der Waals surface area (Å²) in [6.07, 6.45) is 2.75. The average molecular weight is 313 g/mol. The number of aryl methyl sites for hydroxylation is 1. The molecule has 0 radical (unpaired) electrons. The Morgan fingerprint density at radius 1 is 0.875 bits per heavy atom. The Morgan fingerprint density at radius 3 is 2.46 bits per heavy atom. The van der Waals surface area contributed by atoms with Crippen LogP contribution in [0.15, 0.2) is 78.0 Å². The molecule has 0 N–H and O–H groups in total. The molecular formula is C21H19N3. The van der Waals surface area contributed by atoms with E-state index in [0.717, 1.165) is 24.4 Å². The molecule has 0 unspecified atom stereocenters. The maximum atomic E-state index is 4.78. The number of hydrogen-bond donors (Lipinski definition) is 0. The van der Waals surface area contributed by atoms with Gasteiger partial charge < -0.3 is 0 Å². The average Bonchev–Trinajstić information content (AvgIpc) is 3.13. The van der Waals surface area contributed by atoms with Gasteiger partial charge in [-0.2, -0.15) is 5.10 Å². The van der Waals surface area contributed by atoms with Crippen molar-refractivity contribution < 1.29 is 0 Å². The number of hydrazone groups is 1. The SMILES string of the molecule is Cc1cc(-c2ccccc2)ccc1N1CCC(c2ccccn2)=N1. The molecule has 1 aliphatic rings. The van der Waals surface area contributed by atoms with Gasteiger partial charge in [0.15, 0.2) is 0 Å². The number of anilines is 1. The lowest BCUT2D eigenvalue weighted by Gasteiger charge is -2.17. The zero-order valence-electron chi connectivity index (χ0n) is 13.7. The number of aromatic nitrogens is 1. The summed E-state index contributed by atoms with van der Waals surface area (Å²) in [5.74, 6) is 0. The third kappa shape index (κ3) is 2.81. The van der Waals surface area contributed by atoms with Crippen LogP contribution in [0, 0.1) is 6.92 Å². The normalized spacial score (nSPS) is 13.9. The van der Waals surface area contributed by atoms with E-state index in [0.29, 0.717) is 0 Å². The third-order valence-corrected chi connectivity index (χ3v) is 4.34. The quantitative estimate of drug-likeness (QED) is 0.703. The largest absolute Gasteiger partial charge is 0.265 e. The highest BCUT2D eigenvalue weighted by Gasteiger charge is 2.19. The highest BCUT2D eigenvalue weighted by Crippen LogP contribution is 2.29. The van der Waals surface area contributed by atoms with Gasteiger partial charge in [0.25, 0.3) is 0 Å². The molecular weight excluding hydrogens is 294 g/mol. The van der Waals surface area contributed by atoms with Gasteiger partial charge in [0, 0.05) is 19.2 Å². The van der Waals surface area contributed by atoms with Crippen molar-refractivity contribution in [1.82, 2.24) is 4.98 Å². The van der Waals surface area contributed by atoms with Gasteiger partial charge in [-0.15, -0.1) is 0 Å². The second-order valence-corrected chi connectivity index (χ2v) is 6.00. The van der Waals surface area contributed by atoms with Gasteiger partial charge in [-0.05, 0) is 47.9 Å². The minimum atomic E-state index is 0.900. The van der Waals surface area contributed by atoms with E-state index in [2.05, 4.69) is 59.4 Å². The summed E-state index contributed by atoms with van der Waals surface area (Å²) in [6.45, 7) is 3.05. The van der Waals surface area contributed by atoms with Crippen LogP contribution >= 0.6 is 0 Å².